The van der Waals surface area contributed by atoms with Crippen LogP contribution in [0, 0.1) is 0 Å². The van der Waals surface area contributed by atoms with Gasteiger partial charge in [0.1, 0.15) is 0 Å². The quantitative estimate of drug-likeness (QED) is 0.596. The topological polar surface area (TPSA) is 32.3 Å². The third kappa shape index (κ3) is 26.4. The lowest BCUT2D eigenvalue weighted by molar-refractivity contribution is 0.259. The normalized spacial score (nSPS) is 8.18. The van der Waals surface area contributed by atoms with Crippen molar-refractivity contribution in [3.8, 4) is 0 Å². The second-order valence-electron chi connectivity index (χ2n) is 2.52. The van der Waals surface area contributed by atoms with Crippen LogP contribution in [0.4, 0.5) is 4.79 Å². The summed E-state index contributed by atoms with van der Waals surface area (Å²) in [5, 5.41) is 2.60. The molecule has 0 aliphatic rings. The Bertz CT molecular complexity index is 93.7. The zero-order valence-corrected chi connectivity index (χ0v) is 8.14. The number of nitrogens with zero attached hydrogens (tertiary/aromatic N) is 1. The highest BCUT2D eigenvalue weighted by Gasteiger charge is 1.90. The molecular weight excluding hydrogens is 139 g/mol. The number of hydrogen-bond donors (Lipinski definition) is 1. The van der Waals surface area contributed by atoms with Crippen molar-refractivity contribution in [3.05, 3.63) is 0 Å². The van der Waals surface area contributed by atoms with E-state index in [9.17, 15) is 4.79 Å². The van der Waals surface area contributed by atoms with Crippen molar-refractivity contribution >= 4 is 13.1 Å². The molecule has 1 amide bonds. The summed E-state index contributed by atoms with van der Waals surface area (Å²) in [6.07, 6.45) is 0. The molecular formula is C7H18BN2O. The third-order valence-corrected chi connectivity index (χ3v) is 0.613. The molecule has 0 aromatic heterocycles. The van der Waals surface area contributed by atoms with Gasteiger partial charge in [-0.05, 0) is 28.1 Å². The number of rotatable bonds is 2. The van der Waals surface area contributed by atoms with Gasteiger partial charge in [0.05, 0.1) is 0 Å². The Morgan fingerprint density at radius 1 is 1.45 bits per heavy atom. The molecule has 0 fully saturated rings. The fraction of sp³-hybridized carbons (Fsp3) is 0.857. The van der Waals surface area contributed by atoms with E-state index < -0.39 is 0 Å². The number of amides is 1. The minimum absolute atomic E-state index is 0.00231. The highest BCUT2D eigenvalue weighted by molar-refractivity contribution is 6.72. The summed E-state index contributed by atoms with van der Waals surface area (Å²) in [6, 6.07) is 0. The van der Waals surface area contributed by atoms with Gasteiger partial charge in [0, 0.05) is 6.54 Å². The van der Waals surface area contributed by atoms with E-state index in [0.29, 0.717) is 6.54 Å². The molecule has 1 radical (unpaired) electrons. The van der Waals surface area contributed by atoms with Crippen LogP contribution >= 0.6 is 0 Å². The van der Waals surface area contributed by atoms with Gasteiger partial charge in [-0.2, -0.15) is 0 Å². The Hall–Kier alpha value is -0.505. The highest BCUT2D eigenvalue weighted by atomic mass is 16.1. The van der Waals surface area contributed by atoms with Gasteiger partial charge in [0.15, 0.2) is 5.81 Å². The maximum absolute atomic E-state index is 10.2. The first kappa shape index (κ1) is 13.1. The Labute approximate surface area is 70.4 Å². The standard InChI is InChI=1S/C4H9BNO.C3H9N/c1-3-6-4(7)5-2;1-4(2)3/h3H2,1-2H3,(H,6,7);1-3H3. The van der Waals surface area contributed by atoms with Gasteiger partial charge in [-0.15, -0.1) is 0 Å². The smallest absolute Gasteiger partial charge is 0.229 e. The number of carbonyl (C=O) groups is 1. The monoisotopic (exact) mass is 157 g/mol. The Kier molecular flexibility index (Phi) is 11.3. The van der Waals surface area contributed by atoms with Crippen LogP contribution in [-0.4, -0.2) is 45.7 Å². The molecule has 0 aromatic rings. The molecule has 0 unspecified atom stereocenters. The molecule has 1 N–H and O–H groups in total. The van der Waals surface area contributed by atoms with Crippen molar-refractivity contribution in [2.24, 2.45) is 0 Å². The molecule has 0 aromatic carbocycles. The summed E-state index contributed by atoms with van der Waals surface area (Å²) < 4.78 is 0. The summed E-state index contributed by atoms with van der Waals surface area (Å²) in [4.78, 5) is 12.2. The highest BCUT2D eigenvalue weighted by Crippen LogP contribution is 1.62. The predicted octanol–water partition coefficient (Wildman–Crippen LogP) is 0.646. The van der Waals surface area contributed by atoms with E-state index in [1.165, 1.54) is 7.28 Å². The van der Waals surface area contributed by atoms with E-state index in [2.05, 4.69) is 5.32 Å². The molecule has 11 heavy (non-hydrogen) atoms. The summed E-state index contributed by atoms with van der Waals surface area (Å²) in [5.41, 5.74) is 0. The van der Waals surface area contributed by atoms with Crippen molar-refractivity contribution in [3.63, 3.8) is 0 Å². The summed E-state index contributed by atoms with van der Waals surface area (Å²) in [7, 11) is 7.50. The SMILES string of the molecule is CN(C)C.C[B]C(=O)NCC. The zero-order valence-electron chi connectivity index (χ0n) is 8.14. The lowest BCUT2D eigenvalue weighted by Gasteiger charge is -1.93. The third-order valence-electron chi connectivity index (χ3n) is 0.613. The second-order valence-corrected chi connectivity index (χ2v) is 2.52. The van der Waals surface area contributed by atoms with Crippen LogP contribution in [0.2, 0.25) is 6.82 Å². The van der Waals surface area contributed by atoms with E-state index in [1.807, 2.05) is 33.0 Å². The molecule has 0 bridgehead atoms. The van der Waals surface area contributed by atoms with Crippen LogP contribution in [0.15, 0.2) is 0 Å². The fourth-order valence-electron chi connectivity index (χ4n) is 0.276. The van der Waals surface area contributed by atoms with Gasteiger partial charge in [0.25, 0.3) is 0 Å². The number of nitrogens with one attached hydrogen (secondary N) is 1. The second kappa shape index (κ2) is 9.49. The van der Waals surface area contributed by atoms with Crippen molar-refractivity contribution in [2.45, 2.75) is 13.7 Å². The van der Waals surface area contributed by atoms with Crippen LogP contribution in [0.5, 0.6) is 0 Å². The van der Waals surface area contributed by atoms with Crippen molar-refractivity contribution in [2.75, 3.05) is 27.7 Å². The van der Waals surface area contributed by atoms with Crippen LogP contribution in [0.25, 0.3) is 0 Å². The Morgan fingerprint density at radius 2 is 1.82 bits per heavy atom. The zero-order chi connectivity index (χ0) is 9.28. The molecule has 0 aliphatic heterocycles. The van der Waals surface area contributed by atoms with E-state index in [1.54, 1.807) is 6.82 Å². The van der Waals surface area contributed by atoms with Gasteiger partial charge in [-0.1, -0.05) is 6.82 Å². The molecule has 0 saturated carbocycles. The van der Waals surface area contributed by atoms with Crippen molar-refractivity contribution in [1.29, 1.82) is 0 Å². The first-order chi connectivity index (χ1) is 5.04. The molecule has 0 saturated heterocycles. The first-order valence-corrected chi connectivity index (χ1v) is 3.72. The number of hydrogen-bond acceptors (Lipinski definition) is 2. The molecule has 0 spiro atoms. The summed E-state index contributed by atoms with van der Waals surface area (Å²) >= 11 is 0. The van der Waals surface area contributed by atoms with Crippen molar-refractivity contribution < 1.29 is 4.79 Å². The van der Waals surface area contributed by atoms with Gasteiger partial charge in [-0.25, -0.2) is 0 Å². The van der Waals surface area contributed by atoms with Crippen LogP contribution in [0.1, 0.15) is 6.92 Å². The minimum Gasteiger partial charge on any atom is -0.366 e. The maximum atomic E-state index is 10.2. The molecule has 0 rings (SSSR count). The summed E-state index contributed by atoms with van der Waals surface area (Å²) in [5.74, 6) is 0.00231. The Balaban J connectivity index is 0. The van der Waals surface area contributed by atoms with Crippen molar-refractivity contribution in [1.82, 2.24) is 10.2 Å². The molecule has 65 valence electrons. The van der Waals surface area contributed by atoms with Gasteiger partial charge in [0.2, 0.25) is 7.28 Å². The average molecular weight is 157 g/mol. The number of carbonyl (C=O) groups excluding carboxylic acids is 1. The van der Waals surface area contributed by atoms with Crippen LogP contribution in [0.3, 0.4) is 0 Å². The largest absolute Gasteiger partial charge is 0.366 e. The van der Waals surface area contributed by atoms with E-state index in [-0.39, 0.29) is 5.81 Å². The van der Waals surface area contributed by atoms with Gasteiger partial charge in [-0.3, -0.25) is 4.79 Å². The Morgan fingerprint density at radius 3 is 1.91 bits per heavy atom. The van der Waals surface area contributed by atoms with E-state index in [4.69, 9.17) is 0 Å². The molecule has 3 nitrogen and oxygen atoms in total. The lowest BCUT2D eigenvalue weighted by Crippen LogP contribution is -2.24. The van der Waals surface area contributed by atoms with Crippen LogP contribution in [-0.2, 0) is 0 Å². The van der Waals surface area contributed by atoms with Gasteiger partial charge < -0.3 is 10.2 Å². The first-order valence-electron chi connectivity index (χ1n) is 3.72. The summed E-state index contributed by atoms with van der Waals surface area (Å²) in [6.45, 7) is 4.32. The molecule has 4 heteroatoms. The molecule has 0 atom stereocenters. The fourth-order valence-corrected chi connectivity index (χ4v) is 0.276. The van der Waals surface area contributed by atoms with E-state index in [0.717, 1.165) is 0 Å². The van der Waals surface area contributed by atoms with E-state index >= 15 is 0 Å². The predicted molar refractivity (Wildman–Crippen MR) is 50.3 cm³/mol. The average Bonchev–Trinajstić information content (AvgIpc) is 1.87. The van der Waals surface area contributed by atoms with Crippen LogP contribution < -0.4 is 5.32 Å². The molecule has 0 aliphatic carbocycles. The lowest BCUT2D eigenvalue weighted by atomic mass is 9.81. The minimum atomic E-state index is 0.00231. The van der Waals surface area contributed by atoms with Gasteiger partial charge >= 0.3 is 0 Å². The molecule has 0 heterocycles. The maximum Gasteiger partial charge on any atom is 0.229 e.